The summed E-state index contributed by atoms with van der Waals surface area (Å²) in [5.41, 5.74) is 1.14. The first-order valence-electron chi connectivity index (χ1n) is 6.24. The smallest absolute Gasteiger partial charge is 0.165 e. The van der Waals surface area contributed by atoms with Crippen molar-refractivity contribution in [2.45, 2.75) is 39.8 Å². The molecule has 1 atom stereocenters. The zero-order chi connectivity index (χ0) is 12.7. The highest BCUT2D eigenvalue weighted by atomic mass is 16.5. The molecule has 0 radical (unpaired) electrons. The predicted octanol–water partition coefficient (Wildman–Crippen LogP) is 2.98. The molecule has 0 aliphatic carbocycles. The van der Waals surface area contributed by atoms with Gasteiger partial charge in [-0.1, -0.05) is 19.1 Å². The molecule has 0 aromatic heterocycles. The van der Waals surface area contributed by atoms with Crippen LogP contribution in [0.5, 0.6) is 11.5 Å². The van der Waals surface area contributed by atoms with E-state index >= 15 is 0 Å². The van der Waals surface area contributed by atoms with Crippen molar-refractivity contribution in [3.63, 3.8) is 0 Å². The number of hydrogen-bond acceptors (Lipinski definition) is 3. The molecular formula is C14H23NO2. The topological polar surface area (TPSA) is 30.5 Å². The maximum atomic E-state index is 5.66. The highest BCUT2D eigenvalue weighted by Gasteiger charge is 2.10. The molecule has 1 rings (SSSR count). The Balaban J connectivity index is 2.82. The van der Waals surface area contributed by atoms with Crippen LogP contribution in [0.15, 0.2) is 18.2 Å². The van der Waals surface area contributed by atoms with E-state index in [-0.39, 0.29) is 0 Å². The van der Waals surface area contributed by atoms with Crippen molar-refractivity contribution in [2.24, 2.45) is 0 Å². The molecule has 96 valence electrons. The number of ether oxygens (including phenoxy) is 2. The van der Waals surface area contributed by atoms with Crippen LogP contribution >= 0.6 is 0 Å². The van der Waals surface area contributed by atoms with E-state index in [2.05, 4.69) is 25.2 Å². The molecule has 0 spiro atoms. The minimum Gasteiger partial charge on any atom is -0.493 e. The predicted molar refractivity (Wildman–Crippen MR) is 70.8 cm³/mol. The Morgan fingerprint density at radius 3 is 2.65 bits per heavy atom. The molecule has 1 N–H and O–H groups in total. The van der Waals surface area contributed by atoms with Crippen LogP contribution in [-0.4, -0.2) is 19.8 Å². The zero-order valence-corrected chi connectivity index (χ0v) is 11.2. The van der Waals surface area contributed by atoms with Crippen molar-refractivity contribution >= 4 is 0 Å². The van der Waals surface area contributed by atoms with Gasteiger partial charge in [0.05, 0.1) is 13.7 Å². The molecule has 3 heteroatoms. The van der Waals surface area contributed by atoms with Crippen molar-refractivity contribution in [3.05, 3.63) is 23.8 Å². The molecule has 0 amide bonds. The second-order valence-corrected chi connectivity index (χ2v) is 4.07. The summed E-state index contributed by atoms with van der Waals surface area (Å²) in [6, 6.07) is 6.51. The van der Waals surface area contributed by atoms with Gasteiger partial charge in [0, 0.05) is 18.2 Å². The van der Waals surface area contributed by atoms with Crippen LogP contribution in [-0.2, 0) is 6.54 Å². The molecule has 0 aliphatic rings. The van der Waals surface area contributed by atoms with Crippen LogP contribution in [0.25, 0.3) is 0 Å². The third kappa shape index (κ3) is 3.93. The third-order valence-corrected chi connectivity index (χ3v) is 2.82. The average Bonchev–Trinajstić information content (AvgIpc) is 2.37. The van der Waals surface area contributed by atoms with Gasteiger partial charge in [-0.25, -0.2) is 0 Å². The van der Waals surface area contributed by atoms with Crippen molar-refractivity contribution in [2.75, 3.05) is 13.7 Å². The summed E-state index contributed by atoms with van der Waals surface area (Å²) < 4.78 is 11.0. The maximum Gasteiger partial charge on any atom is 0.165 e. The molecule has 0 aliphatic heterocycles. The van der Waals surface area contributed by atoms with E-state index in [0.717, 1.165) is 30.0 Å². The number of benzene rings is 1. The first-order valence-corrected chi connectivity index (χ1v) is 6.24. The van der Waals surface area contributed by atoms with Crippen LogP contribution in [0, 0.1) is 0 Å². The van der Waals surface area contributed by atoms with Gasteiger partial charge >= 0.3 is 0 Å². The van der Waals surface area contributed by atoms with E-state index in [0.29, 0.717) is 12.6 Å². The van der Waals surface area contributed by atoms with Gasteiger partial charge in [-0.2, -0.15) is 0 Å². The van der Waals surface area contributed by atoms with Crippen LogP contribution in [0.2, 0.25) is 0 Å². The number of hydrogen-bond donors (Lipinski definition) is 1. The van der Waals surface area contributed by atoms with Gasteiger partial charge in [-0.15, -0.1) is 0 Å². The highest BCUT2D eigenvalue weighted by Crippen LogP contribution is 2.31. The van der Waals surface area contributed by atoms with Crippen molar-refractivity contribution < 1.29 is 9.47 Å². The summed E-state index contributed by atoms with van der Waals surface area (Å²) in [6.07, 6.45) is 1.12. The monoisotopic (exact) mass is 237 g/mol. The van der Waals surface area contributed by atoms with Gasteiger partial charge in [0.1, 0.15) is 0 Å². The van der Waals surface area contributed by atoms with E-state index in [1.807, 2.05) is 19.1 Å². The Hall–Kier alpha value is -1.22. The summed E-state index contributed by atoms with van der Waals surface area (Å²) in [6.45, 7) is 7.80. The summed E-state index contributed by atoms with van der Waals surface area (Å²) in [7, 11) is 1.67. The highest BCUT2D eigenvalue weighted by molar-refractivity contribution is 5.46. The Morgan fingerprint density at radius 1 is 1.29 bits per heavy atom. The fraction of sp³-hybridized carbons (Fsp3) is 0.571. The summed E-state index contributed by atoms with van der Waals surface area (Å²) in [4.78, 5) is 0. The minimum absolute atomic E-state index is 0.510. The lowest BCUT2D eigenvalue weighted by molar-refractivity contribution is 0.306. The summed E-state index contributed by atoms with van der Waals surface area (Å²) in [5.74, 6) is 1.66. The maximum absolute atomic E-state index is 5.66. The number of rotatable bonds is 7. The summed E-state index contributed by atoms with van der Waals surface area (Å²) >= 11 is 0. The molecule has 0 unspecified atom stereocenters. The quantitative estimate of drug-likeness (QED) is 0.791. The molecular weight excluding hydrogens is 214 g/mol. The Bertz CT molecular complexity index is 339. The minimum atomic E-state index is 0.510. The van der Waals surface area contributed by atoms with Crippen LogP contribution in [0.1, 0.15) is 32.8 Å². The standard InChI is InChI=1S/C14H23NO2/c1-5-11(3)15-10-12-8-7-9-13(16-4)14(12)17-6-2/h7-9,11,15H,5-6,10H2,1-4H3/t11-/m1/s1. The summed E-state index contributed by atoms with van der Waals surface area (Å²) in [5, 5.41) is 3.46. The normalized spacial score (nSPS) is 12.2. The fourth-order valence-electron chi connectivity index (χ4n) is 1.60. The van der Waals surface area contributed by atoms with Gasteiger partial charge in [-0.3, -0.25) is 0 Å². The van der Waals surface area contributed by atoms with E-state index in [9.17, 15) is 0 Å². The van der Waals surface area contributed by atoms with Crippen molar-refractivity contribution in [1.82, 2.24) is 5.32 Å². The molecule has 1 aromatic carbocycles. The van der Waals surface area contributed by atoms with E-state index in [1.165, 1.54) is 0 Å². The molecule has 17 heavy (non-hydrogen) atoms. The van der Waals surface area contributed by atoms with Gasteiger partial charge in [0.2, 0.25) is 0 Å². The SMILES string of the molecule is CCOc1c(CN[C@H](C)CC)cccc1OC. The number of nitrogens with one attached hydrogen (secondary N) is 1. The van der Waals surface area contributed by atoms with Crippen molar-refractivity contribution in [3.8, 4) is 11.5 Å². The lowest BCUT2D eigenvalue weighted by atomic mass is 10.1. The van der Waals surface area contributed by atoms with Crippen LogP contribution in [0.3, 0.4) is 0 Å². The number of para-hydroxylation sites is 1. The van der Waals surface area contributed by atoms with Gasteiger partial charge in [0.15, 0.2) is 11.5 Å². The fourth-order valence-corrected chi connectivity index (χ4v) is 1.60. The van der Waals surface area contributed by atoms with Crippen LogP contribution in [0.4, 0.5) is 0 Å². The van der Waals surface area contributed by atoms with Gasteiger partial charge < -0.3 is 14.8 Å². The molecule has 0 saturated heterocycles. The second-order valence-electron chi connectivity index (χ2n) is 4.07. The van der Waals surface area contributed by atoms with E-state index in [1.54, 1.807) is 7.11 Å². The first kappa shape index (κ1) is 13.8. The van der Waals surface area contributed by atoms with Crippen LogP contribution < -0.4 is 14.8 Å². The van der Waals surface area contributed by atoms with Gasteiger partial charge in [-0.05, 0) is 26.3 Å². The lowest BCUT2D eigenvalue weighted by Gasteiger charge is -2.16. The zero-order valence-electron chi connectivity index (χ0n) is 11.2. The van der Waals surface area contributed by atoms with Crippen molar-refractivity contribution in [1.29, 1.82) is 0 Å². The Kier molecular flexibility index (Phi) is 5.84. The Labute approximate surface area is 104 Å². The lowest BCUT2D eigenvalue weighted by Crippen LogP contribution is -2.24. The second kappa shape index (κ2) is 7.17. The molecule has 0 bridgehead atoms. The Morgan fingerprint density at radius 2 is 2.06 bits per heavy atom. The molecule has 0 heterocycles. The molecule has 1 aromatic rings. The molecule has 3 nitrogen and oxygen atoms in total. The average molecular weight is 237 g/mol. The first-order chi connectivity index (χ1) is 8.22. The molecule has 0 saturated carbocycles. The largest absolute Gasteiger partial charge is 0.493 e. The number of methoxy groups -OCH3 is 1. The molecule has 0 fully saturated rings. The van der Waals surface area contributed by atoms with E-state index < -0.39 is 0 Å². The van der Waals surface area contributed by atoms with E-state index in [4.69, 9.17) is 9.47 Å². The third-order valence-electron chi connectivity index (χ3n) is 2.82. The van der Waals surface area contributed by atoms with Gasteiger partial charge in [0.25, 0.3) is 0 Å².